The lowest BCUT2D eigenvalue weighted by Gasteiger charge is -2.04. The lowest BCUT2D eigenvalue weighted by atomic mass is 10.7. The molecule has 0 amide bonds. The molecule has 0 rings (SSSR count). The maximum Gasteiger partial charge on any atom is 0.501 e. The van der Waals surface area contributed by atoms with Crippen molar-refractivity contribution in [3.8, 4) is 0 Å². The number of methoxy groups -OCH3 is 1. The minimum absolute atomic E-state index is 0.0347. The van der Waals surface area contributed by atoms with Crippen LogP contribution in [0.4, 0.5) is 13.2 Å². The highest BCUT2D eigenvalue weighted by Crippen LogP contribution is 2.25. The van der Waals surface area contributed by atoms with E-state index in [4.69, 9.17) is 0 Å². The highest BCUT2D eigenvalue weighted by atomic mass is 32.2. The SMILES string of the molecule is CO/C(C)=C/S(=O)(=O)C(F)(F)F. The van der Waals surface area contributed by atoms with Gasteiger partial charge in [-0.15, -0.1) is 0 Å². The van der Waals surface area contributed by atoms with Crippen LogP contribution in [0.15, 0.2) is 11.2 Å². The van der Waals surface area contributed by atoms with E-state index in [9.17, 15) is 21.6 Å². The number of rotatable bonds is 2. The molecule has 0 unspecified atom stereocenters. The molecule has 72 valence electrons. The summed E-state index contributed by atoms with van der Waals surface area (Å²) in [7, 11) is -4.12. The lowest BCUT2D eigenvalue weighted by Crippen LogP contribution is -2.20. The molecular formula is C5H7F3O3S. The van der Waals surface area contributed by atoms with Crippen LogP contribution in [0.1, 0.15) is 6.92 Å². The Morgan fingerprint density at radius 3 is 2.08 bits per heavy atom. The van der Waals surface area contributed by atoms with E-state index in [1.807, 2.05) is 0 Å². The van der Waals surface area contributed by atoms with Crippen molar-refractivity contribution in [2.24, 2.45) is 0 Å². The smallest absolute Gasteiger partial charge is 0.501 e. The summed E-state index contributed by atoms with van der Waals surface area (Å²) < 4.78 is 59.9. The average molecular weight is 204 g/mol. The van der Waals surface area contributed by atoms with Crippen molar-refractivity contribution in [1.82, 2.24) is 0 Å². The first-order valence-electron chi connectivity index (χ1n) is 2.74. The number of ether oxygens (including phenoxy) is 1. The Balaban J connectivity index is 4.93. The quantitative estimate of drug-likeness (QED) is 0.639. The molecule has 12 heavy (non-hydrogen) atoms. The molecule has 0 heterocycles. The first kappa shape index (κ1) is 11.3. The van der Waals surface area contributed by atoms with Crippen LogP contribution < -0.4 is 0 Å². The van der Waals surface area contributed by atoms with Gasteiger partial charge >= 0.3 is 5.51 Å². The second-order valence-corrected chi connectivity index (χ2v) is 3.71. The predicted octanol–water partition coefficient (Wildman–Crippen LogP) is 1.43. The van der Waals surface area contributed by atoms with Crippen molar-refractivity contribution < 1.29 is 26.3 Å². The molecule has 7 heteroatoms. The van der Waals surface area contributed by atoms with Gasteiger partial charge in [-0.3, -0.25) is 0 Å². The Bertz CT molecular complexity index is 275. The van der Waals surface area contributed by atoms with E-state index >= 15 is 0 Å². The Morgan fingerprint density at radius 2 is 1.83 bits per heavy atom. The van der Waals surface area contributed by atoms with Crippen LogP contribution in [-0.2, 0) is 14.6 Å². The monoisotopic (exact) mass is 204 g/mol. The van der Waals surface area contributed by atoms with Crippen LogP contribution in [0, 0.1) is 0 Å². The summed E-state index contributed by atoms with van der Waals surface area (Å²) in [4.78, 5) is 0. The normalized spacial score (nSPS) is 14.6. The van der Waals surface area contributed by atoms with Crippen molar-refractivity contribution in [1.29, 1.82) is 0 Å². The third-order valence-corrected chi connectivity index (χ3v) is 2.25. The first-order chi connectivity index (χ1) is 5.20. The van der Waals surface area contributed by atoms with Crippen molar-refractivity contribution in [3.05, 3.63) is 11.2 Å². The van der Waals surface area contributed by atoms with E-state index in [2.05, 4.69) is 4.74 Å². The fraction of sp³-hybridized carbons (Fsp3) is 0.600. The van der Waals surface area contributed by atoms with Gasteiger partial charge in [0.05, 0.1) is 12.5 Å². The molecule has 0 atom stereocenters. The second-order valence-electron chi connectivity index (χ2n) is 1.92. The Labute approximate surface area is 67.7 Å². The van der Waals surface area contributed by atoms with E-state index in [1.54, 1.807) is 0 Å². The summed E-state index contributed by atoms with van der Waals surface area (Å²) in [5, 5.41) is 0.0347. The molecule has 0 aliphatic heterocycles. The molecule has 3 nitrogen and oxygen atoms in total. The van der Waals surface area contributed by atoms with Crippen LogP contribution in [-0.4, -0.2) is 21.0 Å². The van der Waals surface area contributed by atoms with Crippen molar-refractivity contribution >= 4 is 9.84 Å². The lowest BCUT2D eigenvalue weighted by molar-refractivity contribution is -0.0424. The molecule has 0 bridgehead atoms. The summed E-state index contributed by atoms with van der Waals surface area (Å²) in [5.74, 6) is -0.313. The Morgan fingerprint density at radius 1 is 1.42 bits per heavy atom. The van der Waals surface area contributed by atoms with Crippen molar-refractivity contribution in [2.45, 2.75) is 12.4 Å². The van der Waals surface area contributed by atoms with Gasteiger partial charge in [0.25, 0.3) is 9.84 Å². The van der Waals surface area contributed by atoms with E-state index in [-0.39, 0.29) is 11.2 Å². The Kier molecular flexibility index (Phi) is 3.14. The van der Waals surface area contributed by atoms with Gasteiger partial charge in [-0.05, 0) is 6.92 Å². The van der Waals surface area contributed by atoms with E-state index in [0.717, 1.165) is 14.0 Å². The van der Waals surface area contributed by atoms with E-state index in [0.29, 0.717) is 0 Å². The molecule has 0 radical (unpaired) electrons. The van der Waals surface area contributed by atoms with Gasteiger partial charge in [0.2, 0.25) is 0 Å². The van der Waals surface area contributed by atoms with Gasteiger partial charge in [-0.25, -0.2) is 8.42 Å². The number of allylic oxidation sites excluding steroid dienone is 1. The van der Waals surface area contributed by atoms with Crippen LogP contribution in [0.25, 0.3) is 0 Å². The van der Waals surface area contributed by atoms with Gasteiger partial charge in [0.15, 0.2) is 0 Å². The largest absolute Gasteiger partial charge is 0.501 e. The molecule has 0 aliphatic carbocycles. The summed E-state index contributed by atoms with van der Waals surface area (Å²) in [6, 6.07) is 0. The van der Waals surface area contributed by atoms with E-state index < -0.39 is 15.3 Å². The van der Waals surface area contributed by atoms with Gasteiger partial charge in [-0.1, -0.05) is 0 Å². The van der Waals surface area contributed by atoms with Crippen molar-refractivity contribution in [2.75, 3.05) is 7.11 Å². The highest BCUT2D eigenvalue weighted by molar-refractivity contribution is 7.95. The molecule has 0 aromatic carbocycles. The summed E-state index contributed by atoms with van der Waals surface area (Å²) >= 11 is 0. The maximum atomic E-state index is 11.6. The van der Waals surface area contributed by atoms with Gasteiger partial charge < -0.3 is 4.74 Å². The van der Waals surface area contributed by atoms with Crippen LogP contribution in [0.3, 0.4) is 0 Å². The zero-order chi connectivity index (χ0) is 9.99. The topological polar surface area (TPSA) is 43.4 Å². The zero-order valence-corrected chi connectivity index (χ0v) is 7.16. The van der Waals surface area contributed by atoms with Gasteiger partial charge in [-0.2, -0.15) is 13.2 Å². The number of alkyl halides is 3. The average Bonchev–Trinajstić information content (AvgIpc) is 1.84. The zero-order valence-electron chi connectivity index (χ0n) is 6.34. The third kappa shape index (κ3) is 2.72. The molecule has 0 aliphatic rings. The number of sulfone groups is 1. The van der Waals surface area contributed by atoms with Gasteiger partial charge in [0, 0.05) is 0 Å². The molecule has 0 aromatic heterocycles. The third-order valence-electron chi connectivity index (χ3n) is 0.966. The fourth-order valence-electron chi connectivity index (χ4n) is 0.333. The number of halogens is 3. The molecule has 0 saturated heterocycles. The standard InChI is InChI=1S/C5H7F3O3S/c1-4(11-2)3-12(9,10)5(6,7)8/h3H,1-2H3/b4-3+. The van der Waals surface area contributed by atoms with E-state index in [1.165, 1.54) is 0 Å². The van der Waals surface area contributed by atoms with Crippen LogP contribution in [0.5, 0.6) is 0 Å². The molecule has 0 saturated carbocycles. The molecule has 0 N–H and O–H groups in total. The molecule has 0 spiro atoms. The maximum absolute atomic E-state index is 11.6. The van der Waals surface area contributed by atoms with Gasteiger partial charge in [0.1, 0.15) is 5.76 Å². The molecule has 0 fully saturated rings. The minimum Gasteiger partial charge on any atom is -0.501 e. The van der Waals surface area contributed by atoms with Crippen molar-refractivity contribution in [3.63, 3.8) is 0 Å². The first-order valence-corrected chi connectivity index (χ1v) is 4.29. The summed E-state index contributed by atoms with van der Waals surface area (Å²) in [6.45, 7) is 1.11. The summed E-state index contributed by atoms with van der Waals surface area (Å²) in [6.07, 6.45) is 0. The predicted molar refractivity (Wildman–Crippen MR) is 35.7 cm³/mol. The summed E-state index contributed by atoms with van der Waals surface area (Å²) in [5.41, 5.74) is -5.26. The fourth-order valence-corrected chi connectivity index (χ4v) is 1.00. The molecular weight excluding hydrogens is 197 g/mol. The Hall–Kier alpha value is -0.720. The number of hydrogen-bond acceptors (Lipinski definition) is 3. The number of hydrogen-bond donors (Lipinski definition) is 0. The van der Waals surface area contributed by atoms with Crippen LogP contribution in [0.2, 0.25) is 0 Å². The van der Waals surface area contributed by atoms with Crippen LogP contribution >= 0.6 is 0 Å². The minimum atomic E-state index is -5.26. The second kappa shape index (κ2) is 3.34. The molecule has 0 aromatic rings. The highest BCUT2D eigenvalue weighted by Gasteiger charge is 2.44.